The number of halogens is 4. The Morgan fingerprint density at radius 2 is 2.03 bits per heavy atom. The van der Waals surface area contributed by atoms with Crippen molar-refractivity contribution in [3.63, 3.8) is 0 Å². The summed E-state index contributed by atoms with van der Waals surface area (Å²) < 4.78 is 20.3. The van der Waals surface area contributed by atoms with Crippen LogP contribution < -0.4 is 10.6 Å². The van der Waals surface area contributed by atoms with Crippen molar-refractivity contribution in [2.45, 2.75) is 12.5 Å². The van der Waals surface area contributed by atoms with E-state index in [1.807, 2.05) is 6.08 Å². The number of aromatic amines is 1. The Labute approximate surface area is 220 Å². The third kappa shape index (κ3) is 4.68. The van der Waals surface area contributed by atoms with Crippen LogP contribution in [-0.4, -0.2) is 33.6 Å². The molecule has 5 rings (SSSR count). The molecule has 182 valence electrons. The molecular weight excluding hydrogens is 528 g/mol. The van der Waals surface area contributed by atoms with Gasteiger partial charge in [0.1, 0.15) is 11.8 Å². The minimum atomic E-state index is -0.740. The Balaban J connectivity index is 1.61. The third-order valence-electron chi connectivity index (χ3n) is 5.75. The molecule has 2 aromatic heterocycles. The molecular formula is C24H17Cl3FN7O. The molecule has 12 heteroatoms. The van der Waals surface area contributed by atoms with Gasteiger partial charge in [-0.25, -0.2) is 4.39 Å². The van der Waals surface area contributed by atoms with Crippen LogP contribution in [0.25, 0.3) is 10.9 Å². The second-order valence-electron chi connectivity index (χ2n) is 7.94. The van der Waals surface area contributed by atoms with E-state index in [4.69, 9.17) is 39.5 Å². The van der Waals surface area contributed by atoms with Crippen LogP contribution in [0.5, 0.6) is 0 Å². The number of pyridine rings is 1. The van der Waals surface area contributed by atoms with Crippen molar-refractivity contribution < 1.29 is 9.13 Å². The van der Waals surface area contributed by atoms with Crippen molar-refractivity contribution in [2.75, 3.05) is 23.8 Å². The summed E-state index contributed by atoms with van der Waals surface area (Å²) in [7, 11) is 0. The number of aromatic nitrogens is 4. The Morgan fingerprint density at radius 3 is 2.75 bits per heavy atom. The van der Waals surface area contributed by atoms with Gasteiger partial charge in [0, 0.05) is 17.3 Å². The summed E-state index contributed by atoms with van der Waals surface area (Å²) in [4.78, 5) is 4.35. The SMILES string of the molecule is N#Cc1cnc2c(Cl)cc(N[C@@H](C3=CCOCC3)c3cn[nH]n3)cc2c1Nc1ccc(Cl)c(Cl)c1F. The number of benzene rings is 2. The van der Waals surface area contributed by atoms with Crippen molar-refractivity contribution in [3.8, 4) is 6.07 Å². The van der Waals surface area contributed by atoms with E-state index >= 15 is 0 Å². The molecule has 0 bridgehead atoms. The van der Waals surface area contributed by atoms with Gasteiger partial charge in [-0.3, -0.25) is 4.98 Å². The monoisotopic (exact) mass is 543 g/mol. The zero-order chi connectivity index (χ0) is 25.2. The Morgan fingerprint density at radius 1 is 1.17 bits per heavy atom. The van der Waals surface area contributed by atoms with E-state index in [0.717, 1.165) is 12.0 Å². The van der Waals surface area contributed by atoms with Crippen molar-refractivity contribution in [2.24, 2.45) is 0 Å². The molecule has 3 N–H and O–H groups in total. The Hall–Kier alpha value is -3.42. The molecule has 0 radical (unpaired) electrons. The quantitative estimate of drug-likeness (QED) is 0.186. The van der Waals surface area contributed by atoms with Gasteiger partial charge in [-0.1, -0.05) is 40.9 Å². The molecule has 0 amide bonds. The minimum absolute atomic E-state index is 0.0516. The first kappa shape index (κ1) is 24.3. The minimum Gasteiger partial charge on any atom is -0.377 e. The van der Waals surface area contributed by atoms with E-state index in [0.29, 0.717) is 46.2 Å². The molecule has 0 spiro atoms. The molecule has 2 aromatic carbocycles. The largest absolute Gasteiger partial charge is 0.377 e. The zero-order valence-electron chi connectivity index (χ0n) is 18.4. The van der Waals surface area contributed by atoms with E-state index in [1.165, 1.54) is 18.3 Å². The second-order valence-corrected chi connectivity index (χ2v) is 9.13. The highest BCUT2D eigenvalue weighted by Gasteiger charge is 2.22. The summed E-state index contributed by atoms with van der Waals surface area (Å²) in [5.41, 5.74) is 3.44. The number of fused-ring (bicyclic) bond motifs is 1. The number of anilines is 3. The average Bonchev–Trinajstić information content (AvgIpc) is 3.43. The van der Waals surface area contributed by atoms with Gasteiger partial charge in [-0.05, 0) is 36.3 Å². The topological polar surface area (TPSA) is 112 Å². The lowest BCUT2D eigenvalue weighted by Gasteiger charge is -2.24. The molecule has 8 nitrogen and oxygen atoms in total. The van der Waals surface area contributed by atoms with Crippen LogP contribution in [0.3, 0.4) is 0 Å². The van der Waals surface area contributed by atoms with Crippen LogP contribution in [0.15, 0.2) is 48.3 Å². The smallest absolute Gasteiger partial charge is 0.166 e. The first-order valence-corrected chi connectivity index (χ1v) is 11.9. The van der Waals surface area contributed by atoms with E-state index < -0.39 is 5.82 Å². The number of nitriles is 1. The maximum atomic E-state index is 14.8. The van der Waals surface area contributed by atoms with Crippen LogP contribution in [0.2, 0.25) is 15.1 Å². The van der Waals surface area contributed by atoms with Crippen molar-refractivity contribution >= 4 is 62.8 Å². The zero-order valence-corrected chi connectivity index (χ0v) is 20.7. The molecule has 0 fully saturated rings. The molecule has 0 saturated heterocycles. The number of nitrogens with one attached hydrogen (secondary N) is 3. The molecule has 0 saturated carbocycles. The fourth-order valence-electron chi connectivity index (χ4n) is 4.00. The molecule has 4 aromatic rings. The number of hydrogen-bond donors (Lipinski definition) is 3. The van der Waals surface area contributed by atoms with Gasteiger partial charge in [0.15, 0.2) is 5.82 Å². The maximum absolute atomic E-state index is 14.8. The molecule has 1 atom stereocenters. The lowest BCUT2D eigenvalue weighted by Crippen LogP contribution is -2.18. The molecule has 0 unspecified atom stereocenters. The first-order chi connectivity index (χ1) is 17.5. The van der Waals surface area contributed by atoms with Gasteiger partial charge in [0.2, 0.25) is 0 Å². The van der Waals surface area contributed by atoms with Crippen molar-refractivity contribution in [1.29, 1.82) is 5.26 Å². The first-order valence-electron chi connectivity index (χ1n) is 10.8. The summed E-state index contributed by atoms with van der Waals surface area (Å²) in [6.07, 6.45) is 5.75. The van der Waals surface area contributed by atoms with E-state index in [2.05, 4.69) is 37.1 Å². The number of hydrogen-bond acceptors (Lipinski definition) is 7. The Bertz CT molecular complexity index is 1520. The predicted octanol–water partition coefficient (Wildman–Crippen LogP) is 6.57. The molecule has 3 heterocycles. The standard InChI is InChI=1S/C24H17Cl3FN7O/c25-16-1-2-18(21(28)20(16)27)33-22-13(9-29)10-30-24-15(22)7-14(8-17(24)26)32-23(19-11-31-35-34-19)12-3-5-36-6-4-12/h1-3,7-8,10-11,23,32H,4-6H2,(H,30,33)(H,31,34,35)/t23-/m0/s1. The highest BCUT2D eigenvalue weighted by atomic mass is 35.5. The normalized spacial score (nSPS) is 14.2. The van der Waals surface area contributed by atoms with E-state index in [1.54, 1.807) is 18.3 Å². The van der Waals surface area contributed by atoms with Gasteiger partial charge < -0.3 is 15.4 Å². The number of ether oxygens (including phenoxy) is 1. The molecule has 36 heavy (non-hydrogen) atoms. The van der Waals surface area contributed by atoms with Gasteiger partial charge in [0.25, 0.3) is 0 Å². The lowest BCUT2D eigenvalue weighted by atomic mass is 9.99. The summed E-state index contributed by atoms with van der Waals surface area (Å²) in [6.45, 7) is 1.10. The van der Waals surface area contributed by atoms with Crippen LogP contribution >= 0.6 is 34.8 Å². The number of rotatable bonds is 6. The van der Waals surface area contributed by atoms with E-state index in [9.17, 15) is 9.65 Å². The summed E-state index contributed by atoms with van der Waals surface area (Å²) in [5, 5.41) is 27.7. The Kier molecular flexibility index (Phi) is 6.94. The maximum Gasteiger partial charge on any atom is 0.166 e. The third-order valence-corrected chi connectivity index (χ3v) is 6.82. The van der Waals surface area contributed by atoms with Crippen LogP contribution in [0, 0.1) is 17.1 Å². The lowest BCUT2D eigenvalue weighted by molar-refractivity contribution is 0.153. The number of H-pyrrole nitrogens is 1. The summed E-state index contributed by atoms with van der Waals surface area (Å²) in [5.74, 6) is -0.740. The highest BCUT2D eigenvalue weighted by molar-refractivity contribution is 6.42. The number of nitrogens with zero attached hydrogens (tertiary/aromatic N) is 4. The van der Waals surface area contributed by atoms with Gasteiger partial charge in [-0.2, -0.15) is 20.7 Å². The summed E-state index contributed by atoms with van der Waals surface area (Å²) >= 11 is 18.5. The van der Waals surface area contributed by atoms with Gasteiger partial charge in [-0.15, -0.1) is 0 Å². The van der Waals surface area contributed by atoms with Gasteiger partial charge >= 0.3 is 0 Å². The van der Waals surface area contributed by atoms with Gasteiger partial charge in [0.05, 0.1) is 63.0 Å². The van der Waals surface area contributed by atoms with Crippen LogP contribution in [0.4, 0.5) is 21.5 Å². The van der Waals surface area contributed by atoms with E-state index in [-0.39, 0.29) is 27.3 Å². The summed E-state index contributed by atoms with van der Waals surface area (Å²) in [6, 6.07) is 8.23. The van der Waals surface area contributed by atoms with Crippen molar-refractivity contribution in [3.05, 3.63) is 80.5 Å². The molecule has 1 aliphatic rings. The van der Waals surface area contributed by atoms with Crippen molar-refractivity contribution in [1.82, 2.24) is 20.4 Å². The average molecular weight is 545 g/mol. The molecule has 1 aliphatic heterocycles. The van der Waals surface area contributed by atoms with Crippen LogP contribution in [-0.2, 0) is 4.74 Å². The predicted molar refractivity (Wildman–Crippen MR) is 137 cm³/mol. The molecule has 0 aliphatic carbocycles. The highest BCUT2D eigenvalue weighted by Crippen LogP contribution is 2.38. The van der Waals surface area contributed by atoms with Crippen LogP contribution in [0.1, 0.15) is 23.7 Å². The second kappa shape index (κ2) is 10.3. The fraction of sp³-hybridized carbons (Fsp3) is 0.167. The fourth-order valence-corrected chi connectivity index (χ4v) is 4.57.